The Balaban J connectivity index is 1.65. The van der Waals surface area contributed by atoms with E-state index < -0.39 is 16.0 Å². The maximum atomic E-state index is 12.5. The van der Waals surface area contributed by atoms with Gasteiger partial charge in [0.25, 0.3) is 10.0 Å². The van der Waals surface area contributed by atoms with Crippen LogP contribution < -0.4 is 9.46 Å². The maximum Gasteiger partial charge on any atom is 0.308 e. The van der Waals surface area contributed by atoms with E-state index in [0.29, 0.717) is 17.0 Å². The molecule has 3 aromatic carbocycles. The zero-order valence-corrected chi connectivity index (χ0v) is 17.8. The van der Waals surface area contributed by atoms with E-state index in [-0.39, 0.29) is 10.7 Å². The molecule has 0 aromatic heterocycles. The summed E-state index contributed by atoms with van der Waals surface area (Å²) in [7, 11) is -3.70. The molecule has 0 spiro atoms. The number of hydrogen-bond donors (Lipinski definition) is 1. The highest BCUT2D eigenvalue weighted by Crippen LogP contribution is 2.18. The zero-order chi connectivity index (χ0) is 22.4. The predicted octanol–water partition coefficient (Wildman–Crippen LogP) is 4.62. The molecular weight excluding hydrogens is 414 g/mol. The van der Waals surface area contributed by atoms with Gasteiger partial charge in [-0.2, -0.15) is 0 Å². The minimum Gasteiger partial charge on any atom is -0.427 e. The smallest absolute Gasteiger partial charge is 0.308 e. The van der Waals surface area contributed by atoms with E-state index in [1.54, 1.807) is 78.9 Å². The van der Waals surface area contributed by atoms with E-state index in [1.807, 2.05) is 6.92 Å². The van der Waals surface area contributed by atoms with Crippen molar-refractivity contribution in [1.82, 2.24) is 0 Å². The fourth-order valence-electron chi connectivity index (χ4n) is 2.72. The lowest BCUT2D eigenvalue weighted by molar-refractivity contribution is -0.131. The number of hydrogen-bond acceptors (Lipinski definition) is 5. The van der Waals surface area contributed by atoms with Gasteiger partial charge in [0.2, 0.25) is 0 Å². The molecule has 0 aliphatic carbocycles. The molecule has 3 rings (SSSR count). The highest BCUT2D eigenvalue weighted by atomic mass is 32.2. The zero-order valence-electron chi connectivity index (χ0n) is 17.0. The normalized spacial score (nSPS) is 11.3. The first-order valence-electron chi connectivity index (χ1n) is 9.43. The van der Waals surface area contributed by atoms with Gasteiger partial charge in [-0.3, -0.25) is 14.3 Å². The molecule has 0 radical (unpaired) electrons. The Bertz CT molecular complexity index is 1210. The van der Waals surface area contributed by atoms with Crippen LogP contribution in [0.15, 0.2) is 83.8 Å². The summed E-state index contributed by atoms with van der Waals surface area (Å²) in [6.45, 7) is 3.21. The average Bonchev–Trinajstić information content (AvgIpc) is 2.73. The number of benzene rings is 3. The van der Waals surface area contributed by atoms with Crippen LogP contribution in [0.5, 0.6) is 5.75 Å². The van der Waals surface area contributed by atoms with Gasteiger partial charge >= 0.3 is 5.97 Å². The molecule has 0 aliphatic heterocycles. The van der Waals surface area contributed by atoms with Gasteiger partial charge in [-0.05, 0) is 67.1 Å². The first-order chi connectivity index (χ1) is 14.7. The molecule has 0 amide bonds. The molecule has 0 atom stereocenters. The summed E-state index contributed by atoms with van der Waals surface area (Å²) in [4.78, 5) is 23.5. The summed E-state index contributed by atoms with van der Waals surface area (Å²) >= 11 is 0. The molecule has 0 saturated carbocycles. The van der Waals surface area contributed by atoms with E-state index in [1.165, 1.54) is 13.0 Å². The van der Waals surface area contributed by atoms with Crippen LogP contribution >= 0.6 is 0 Å². The first kappa shape index (κ1) is 22.0. The van der Waals surface area contributed by atoms with Crippen molar-refractivity contribution in [3.05, 3.63) is 95.6 Å². The molecule has 0 saturated heterocycles. The van der Waals surface area contributed by atoms with E-state index in [2.05, 4.69) is 4.72 Å². The summed E-state index contributed by atoms with van der Waals surface area (Å²) in [6.07, 6.45) is 3.07. The summed E-state index contributed by atoms with van der Waals surface area (Å²) in [6, 6.07) is 19.5. The van der Waals surface area contributed by atoms with Crippen LogP contribution in [0.4, 0.5) is 5.69 Å². The van der Waals surface area contributed by atoms with Crippen molar-refractivity contribution in [2.24, 2.45) is 0 Å². The first-order valence-corrected chi connectivity index (χ1v) is 10.9. The number of allylic oxidation sites excluding steroid dienone is 1. The van der Waals surface area contributed by atoms with Crippen LogP contribution in [-0.4, -0.2) is 20.2 Å². The Hall–Kier alpha value is -3.71. The van der Waals surface area contributed by atoms with Crippen molar-refractivity contribution in [2.75, 3.05) is 4.72 Å². The molecule has 7 heteroatoms. The summed E-state index contributed by atoms with van der Waals surface area (Å²) in [5.74, 6) is -0.195. The van der Waals surface area contributed by atoms with Gasteiger partial charge in [-0.25, -0.2) is 8.42 Å². The highest BCUT2D eigenvalue weighted by Gasteiger charge is 2.14. The van der Waals surface area contributed by atoms with Crippen LogP contribution in [0.1, 0.15) is 28.4 Å². The lowest BCUT2D eigenvalue weighted by atomic mass is 10.1. The highest BCUT2D eigenvalue weighted by molar-refractivity contribution is 7.92. The SMILES string of the molecule is CC(=O)Oc1ccc(/C=C/C(=O)c2ccc(NS(=O)(=O)c3ccc(C)cc3)cc2)cc1. The largest absolute Gasteiger partial charge is 0.427 e. The molecule has 158 valence electrons. The molecule has 0 heterocycles. The number of carbonyl (C=O) groups excluding carboxylic acids is 2. The van der Waals surface area contributed by atoms with Crippen molar-refractivity contribution in [2.45, 2.75) is 18.7 Å². The Kier molecular flexibility index (Phi) is 6.67. The van der Waals surface area contributed by atoms with Crippen LogP contribution in [0.3, 0.4) is 0 Å². The van der Waals surface area contributed by atoms with Crippen molar-refractivity contribution in [1.29, 1.82) is 0 Å². The molecule has 3 aromatic rings. The molecule has 0 bridgehead atoms. The Morgan fingerprint density at radius 2 is 1.48 bits per heavy atom. The summed E-state index contributed by atoms with van der Waals surface area (Å²) in [5, 5.41) is 0. The van der Waals surface area contributed by atoms with Gasteiger partial charge in [0.05, 0.1) is 4.90 Å². The number of anilines is 1. The summed E-state index contributed by atoms with van der Waals surface area (Å²) in [5.41, 5.74) is 2.52. The number of aryl methyl sites for hydroxylation is 1. The fraction of sp³-hybridized carbons (Fsp3) is 0.0833. The predicted molar refractivity (Wildman–Crippen MR) is 120 cm³/mol. The van der Waals surface area contributed by atoms with E-state index in [4.69, 9.17) is 4.74 Å². The fourth-order valence-corrected chi connectivity index (χ4v) is 3.77. The Morgan fingerprint density at radius 3 is 2.06 bits per heavy atom. The van der Waals surface area contributed by atoms with E-state index in [0.717, 1.165) is 11.1 Å². The maximum absolute atomic E-state index is 12.5. The number of nitrogens with one attached hydrogen (secondary N) is 1. The van der Waals surface area contributed by atoms with E-state index >= 15 is 0 Å². The van der Waals surface area contributed by atoms with Gasteiger partial charge < -0.3 is 4.74 Å². The van der Waals surface area contributed by atoms with Crippen molar-refractivity contribution < 1.29 is 22.7 Å². The third kappa shape index (κ3) is 6.13. The van der Waals surface area contributed by atoms with Crippen LogP contribution in [-0.2, 0) is 14.8 Å². The molecule has 0 fully saturated rings. The van der Waals surface area contributed by atoms with E-state index in [9.17, 15) is 18.0 Å². The lowest BCUT2D eigenvalue weighted by Gasteiger charge is -2.08. The molecule has 0 aliphatic rings. The van der Waals surface area contributed by atoms with Gasteiger partial charge in [0.1, 0.15) is 5.75 Å². The number of ketones is 1. The number of esters is 1. The van der Waals surface area contributed by atoms with Gasteiger partial charge in [-0.15, -0.1) is 0 Å². The second kappa shape index (κ2) is 9.40. The number of ether oxygens (including phenoxy) is 1. The third-order valence-corrected chi connectivity index (χ3v) is 5.72. The number of rotatable bonds is 7. The molecule has 6 nitrogen and oxygen atoms in total. The third-order valence-electron chi connectivity index (χ3n) is 4.32. The number of carbonyl (C=O) groups is 2. The lowest BCUT2D eigenvalue weighted by Crippen LogP contribution is -2.13. The van der Waals surface area contributed by atoms with Gasteiger partial charge in [-0.1, -0.05) is 35.9 Å². The molecule has 0 unspecified atom stereocenters. The quantitative estimate of drug-likeness (QED) is 0.253. The standard InChI is InChI=1S/C24H21NO5S/c1-17-3-14-23(15-4-17)31(28,29)25-21-10-8-20(9-11-21)24(27)16-7-19-5-12-22(13-6-19)30-18(2)26/h3-16,25H,1-2H3/b16-7+. The topological polar surface area (TPSA) is 89.5 Å². The monoisotopic (exact) mass is 435 g/mol. The molecule has 1 N–H and O–H groups in total. The van der Waals surface area contributed by atoms with Crippen molar-refractivity contribution in [3.8, 4) is 5.75 Å². The Labute approximate surface area is 181 Å². The minimum absolute atomic E-state index is 0.168. The average molecular weight is 436 g/mol. The summed E-state index contributed by atoms with van der Waals surface area (Å²) < 4.78 is 32.4. The number of sulfonamides is 1. The van der Waals surface area contributed by atoms with Gasteiger partial charge in [0.15, 0.2) is 5.78 Å². The van der Waals surface area contributed by atoms with Gasteiger partial charge in [0, 0.05) is 18.2 Å². The minimum atomic E-state index is -3.70. The van der Waals surface area contributed by atoms with Crippen LogP contribution in [0.25, 0.3) is 6.08 Å². The second-order valence-electron chi connectivity index (χ2n) is 6.86. The second-order valence-corrected chi connectivity index (χ2v) is 8.54. The van der Waals surface area contributed by atoms with Crippen LogP contribution in [0.2, 0.25) is 0 Å². The Morgan fingerprint density at radius 1 is 0.871 bits per heavy atom. The molecular formula is C24H21NO5S. The van der Waals surface area contributed by atoms with Crippen molar-refractivity contribution >= 4 is 33.5 Å². The van der Waals surface area contributed by atoms with Crippen LogP contribution in [0, 0.1) is 6.92 Å². The van der Waals surface area contributed by atoms with Crippen molar-refractivity contribution in [3.63, 3.8) is 0 Å². The molecule has 31 heavy (non-hydrogen) atoms.